The summed E-state index contributed by atoms with van der Waals surface area (Å²) in [6, 6.07) is 0. The van der Waals surface area contributed by atoms with Crippen molar-refractivity contribution in [1.82, 2.24) is 0 Å². The van der Waals surface area contributed by atoms with E-state index in [4.69, 9.17) is 27.9 Å². The van der Waals surface area contributed by atoms with E-state index in [1.54, 1.807) is 0 Å². The second kappa shape index (κ2) is 73.9. The van der Waals surface area contributed by atoms with E-state index in [-0.39, 0.29) is 39.5 Å². The van der Waals surface area contributed by atoms with Gasteiger partial charge in [0.05, 0.1) is 5.92 Å². The summed E-state index contributed by atoms with van der Waals surface area (Å²) in [7, 11) is 0. The minimum absolute atomic E-state index is 0. The van der Waals surface area contributed by atoms with Crippen LogP contribution in [0.15, 0.2) is 0 Å². The number of rotatable bonds is 2. The fourth-order valence-corrected chi connectivity index (χ4v) is 1.60. The molecule has 1 aliphatic rings. The summed E-state index contributed by atoms with van der Waals surface area (Å²) >= 11 is 0. The first kappa shape index (κ1) is 50.0. The molecule has 0 N–H and O–H groups in total. The van der Waals surface area contributed by atoms with Crippen LogP contribution in [-0.4, -0.2) is 5.78 Å². The summed E-state index contributed by atoms with van der Waals surface area (Å²) in [5.74, 6) is 6.67. The molecule has 9 heteroatoms. The molecular weight excluding hydrogens is 446 g/mol. The molecule has 1 saturated carbocycles. The molecule has 0 spiro atoms. The molecule has 2 radical (unpaired) electrons. The van der Waals surface area contributed by atoms with Crippen molar-refractivity contribution in [3.05, 3.63) is 39.9 Å². The third-order valence-electron chi connectivity index (χ3n) is 2.49. The van der Waals surface area contributed by atoms with Crippen molar-refractivity contribution in [3.8, 4) is 11.8 Å². The number of carbonyl (C=O) groups is 1. The molecule has 0 aromatic carbocycles. The van der Waals surface area contributed by atoms with Gasteiger partial charge in [-0.3, -0.25) is 4.79 Å². The minimum atomic E-state index is 0. The number of hydrogen-bond acceptors (Lipinski definition) is 1. The summed E-state index contributed by atoms with van der Waals surface area (Å²) in [4.78, 5) is 11.4. The Balaban J connectivity index is -0.0000000370. The number of carbonyl (C=O) groups excluding carboxylic acids is 1. The SMILES string of the molecule is CCCCC#CC1CCCCC1=O.[C-]#[O+].[C-]#[O+].[C-]#[O+].[C-]#[O+].[C-]#[O+].[C-]#[O+].[Co].[Co]. The summed E-state index contributed by atoms with van der Waals surface area (Å²) in [6.45, 7) is 29.2. The van der Waals surface area contributed by atoms with Gasteiger partial charge in [0.1, 0.15) is 5.78 Å². The van der Waals surface area contributed by atoms with Crippen LogP contribution in [0.1, 0.15) is 51.9 Å². The molecule has 1 rings (SSSR count). The molecule has 0 aromatic rings. The largest absolute Gasteiger partial charge is 0 e. The van der Waals surface area contributed by atoms with Crippen LogP contribution in [0.2, 0.25) is 0 Å². The third-order valence-corrected chi connectivity index (χ3v) is 2.49. The minimum Gasteiger partial charge on any atom is 0 e. The molecule has 0 aliphatic heterocycles. The second-order valence-corrected chi connectivity index (χ2v) is 3.69. The van der Waals surface area contributed by atoms with Crippen LogP contribution in [0.3, 0.4) is 0 Å². The smallest absolute Gasteiger partial charge is 0 e. The number of ketones is 1. The molecule has 0 amide bonds. The molecule has 1 unspecified atom stereocenters. The first-order valence-corrected chi connectivity index (χ1v) is 6.58. The normalized spacial score (nSPS) is 11.1. The Morgan fingerprint density at radius 3 is 1.59 bits per heavy atom. The van der Waals surface area contributed by atoms with Crippen molar-refractivity contribution >= 4 is 5.78 Å². The molecule has 0 bridgehead atoms. The maximum Gasteiger partial charge on any atom is 0 e. The maximum absolute atomic E-state index is 11.4. The zero-order valence-electron chi connectivity index (χ0n) is 14.6. The van der Waals surface area contributed by atoms with E-state index in [0.29, 0.717) is 5.78 Å². The molecular formula is C18H18Co2O7. The van der Waals surface area contributed by atoms with Gasteiger partial charge in [0.2, 0.25) is 0 Å². The Labute approximate surface area is 181 Å². The van der Waals surface area contributed by atoms with E-state index < -0.39 is 0 Å². The fraction of sp³-hybridized carbons (Fsp3) is 0.500. The van der Waals surface area contributed by atoms with Gasteiger partial charge in [-0.25, -0.2) is 0 Å². The summed E-state index contributed by atoms with van der Waals surface area (Å²) in [6.07, 6.45) is 7.32. The first-order chi connectivity index (χ1) is 12.3. The van der Waals surface area contributed by atoms with Crippen LogP contribution in [0.5, 0.6) is 0 Å². The molecule has 27 heavy (non-hydrogen) atoms. The average molecular weight is 464 g/mol. The maximum atomic E-state index is 11.4. The molecule has 7 nitrogen and oxygen atoms in total. The van der Waals surface area contributed by atoms with Crippen LogP contribution in [0, 0.1) is 57.7 Å². The number of hydrogen-bond donors (Lipinski definition) is 0. The van der Waals surface area contributed by atoms with Gasteiger partial charge in [0, 0.05) is 46.4 Å². The second-order valence-electron chi connectivity index (χ2n) is 3.69. The van der Waals surface area contributed by atoms with Gasteiger partial charge in [0.25, 0.3) is 0 Å². The molecule has 0 aromatic heterocycles. The van der Waals surface area contributed by atoms with Crippen LogP contribution in [0.25, 0.3) is 0 Å². The monoisotopic (exact) mass is 464 g/mol. The van der Waals surface area contributed by atoms with E-state index >= 15 is 0 Å². The Morgan fingerprint density at radius 2 is 1.26 bits per heavy atom. The first-order valence-electron chi connectivity index (χ1n) is 6.58. The predicted octanol–water partition coefficient (Wildman–Crippen LogP) is 2.71. The average Bonchev–Trinajstić information content (AvgIpc) is 2.75. The van der Waals surface area contributed by atoms with Crippen molar-refractivity contribution in [3.63, 3.8) is 0 Å². The van der Waals surface area contributed by atoms with E-state index in [0.717, 1.165) is 32.1 Å². The van der Waals surface area contributed by atoms with Crippen molar-refractivity contribution < 1.29 is 66.3 Å². The van der Waals surface area contributed by atoms with Gasteiger partial charge in [-0.2, -0.15) is 0 Å². The Morgan fingerprint density at radius 1 is 0.852 bits per heavy atom. The Hall–Kier alpha value is -1.32. The Bertz CT molecular complexity index is 405. The molecule has 1 aliphatic carbocycles. The number of Topliss-reactive ketones (excluding diaryl/α,β-unsaturated/α-hetero) is 1. The van der Waals surface area contributed by atoms with Crippen molar-refractivity contribution in [1.29, 1.82) is 0 Å². The summed E-state index contributed by atoms with van der Waals surface area (Å²) in [5, 5.41) is 0. The van der Waals surface area contributed by atoms with Gasteiger partial charge < -0.3 is 0 Å². The van der Waals surface area contributed by atoms with Crippen LogP contribution < -0.4 is 0 Å². The molecule has 1 fully saturated rings. The van der Waals surface area contributed by atoms with Gasteiger partial charge in [-0.1, -0.05) is 25.7 Å². The molecule has 0 saturated heterocycles. The van der Waals surface area contributed by atoms with Crippen molar-refractivity contribution in [2.24, 2.45) is 5.92 Å². The topological polar surface area (TPSA) is 136 Å². The van der Waals surface area contributed by atoms with Crippen molar-refractivity contribution in [2.45, 2.75) is 51.9 Å². The van der Waals surface area contributed by atoms with Crippen molar-refractivity contribution in [2.75, 3.05) is 0 Å². The van der Waals surface area contributed by atoms with Gasteiger partial charge in [0.15, 0.2) is 0 Å². The van der Waals surface area contributed by atoms with Gasteiger partial charge >= 0.3 is 67.8 Å². The quantitative estimate of drug-likeness (QED) is 0.264. The van der Waals surface area contributed by atoms with E-state index in [1.165, 1.54) is 12.8 Å². The van der Waals surface area contributed by atoms with Gasteiger partial charge in [-0.15, -0.1) is 5.92 Å². The Kier molecular flexibility index (Phi) is 137. The molecule has 0 heterocycles. The standard InChI is InChI=1S/C12H18O.6CO.2Co/c1-2-3-4-5-8-11-9-6-7-10-12(11)13;6*1-2;;/h11H,2-4,6-7,9-10H2,1H3;;;;;;;;. The zero-order valence-corrected chi connectivity index (χ0v) is 16.6. The van der Waals surface area contributed by atoms with Crippen LogP contribution >= 0.6 is 0 Å². The van der Waals surface area contributed by atoms with E-state index in [1.807, 2.05) is 0 Å². The van der Waals surface area contributed by atoms with E-state index in [9.17, 15) is 4.79 Å². The van der Waals surface area contributed by atoms with Gasteiger partial charge in [-0.05, 0) is 19.3 Å². The van der Waals surface area contributed by atoms with Crippen LogP contribution in [-0.2, 0) is 66.3 Å². The molecule has 150 valence electrons. The zero-order chi connectivity index (χ0) is 21.5. The van der Waals surface area contributed by atoms with E-state index in [2.05, 4.69) is 58.7 Å². The predicted molar refractivity (Wildman–Crippen MR) is 77.8 cm³/mol. The fourth-order valence-electron chi connectivity index (χ4n) is 1.60. The summed E-state index contributed by atoms with van der Waals surface area (Å²) < 4.78 is 45.0. The number of unbranched alkanes of at least 4 members (excludes halogenated alkanes) is 2. The molecule has 1 atom stereocenters. The van der Waals surface area contributed by atoms with Crippen LogP contribution in [0.4, 0.5) is 0 Å². The summed E-state index contributed by atoms with van der Waals surface area (Å²) in [5.41, 5.74) is 0. The third kappa shape index (κ3) is 51.6.